The van der Waals surface area contributed by atoms with Crippen molar-refractivity contribution in [3.05, 3.63) is 83.3 Å². The molecule has 1 aromatic carbocycles. The molecule has 1 fully saturated rings. The number of ketones is 2. The van der Waals surface area contributed by atoms with Gasteiger partial charge < -0.3 is 20.3 Å². The van der Waals surface area contributed by atoms with E-state index in [0.717, 1.165) is 73.4 Å². The predicted molar refractivity (Wildman–Crippen MR) is 187 cm³/mol. The number of ether oxygens (including phenoxy) is 1. The molecule has 6 bridgehead atoms. The summed E-state index contributed by atoms with van der Waals surface area (Å²) in [5.74, 6) is -4.53. The second-order valence-corrected chi connectivity index (χ2v) is 12.7. The number of aldehydes is 1. The lowest BCUT2D eigenvalue weighted by atomic mass is 9.94. The van der Waals surface area contributed by atoms with Crippen molar-refractivity contribution in [2.24, 2.45) is 5.92 Å². The number of rotatable bonds is 6. The van der Waals surface area contributed by atoms with Crippen LogP contribution in [0.5, 0.6) is 5.75 Å². The minimum Gasteiger partial charge on any atom is -0.493 e. The highest BCUT2D eigenvalue weighted by atomic mass is 35.5. The van der Waals surface area contributed by atoms with Gasteiger partial charge in [-0.1, -0.05) is 11.6 Å². The number of likely N-dealkylation sites (tertiary alicyclic amines) is 1. The zero-order valence-corrected chi connectivity index (χ0v) is 30.3. The number of hydrogen-bond acceptors (Lipinski definition) is 12. The van der Waals surface area contributed by atoms with E-state index >= 15 is 0 Å². The molecule has 2 aliphatic rings. The largest absolute Gasteiger partial charge is 0.493 e. The summed E-state index contributed by atoms with van der Waals surface area (Å²) in [5.41, 5.74) is 4.29. The van der Waals surface area contributed by atoms with Crippen molar-refractivity contribution < 1.29 is 63.4 Å². The number of Topliss-reactive ketones (excluding diaryl/α,β-unsaturated/α-hetero) is 2. The third-order valence-corrected chi connectivity index (χ3v) is 8.40. The van der Waals surface area contributed by atoms with Crippen molar-refractivity contribution in [1.82, 2.24) is 29.8 Å². The van der Waals surface area contributed by atoms with Crippen molar-refractivity contribution in [2.45, 2.75) is 50.6 Å². The normalized spacial score (nSPS) is 14.2. The lowest BCUT2D eigenvalue weighted by Crippen LogP contribution is -2.39. The monoisotopic (exact) mass is 848 g/mol. The van der Waals surface area contributed by atoms with Crippen LogP contribution in [0.1, 0.15) is 40.9 Å². The summed E-state index contributed by atoms with van der Waals surface area (Å²) in [5, 5.41) is 6.96. The van der Waals surface area contributed by atoms with E-state index in [4.69, 9.17) is 21.1 Å². The predicted octanol–water partition coefficient (Wildman–Crippen LogP) is 7.22. The first-order valence-electron chi connectivity index (χ1n) is 16.8. The van der Waals surface area contributed by atoms with Gasteiger partial charge in [0.25, 0.3) is 5.91 Å². The number of aryl methyl sites for hydroxylation is 2. The minimum atomic E-state index is -5.77. The number of benzene rings is 1. The summed E-state index contributed by atoms with van der Waals surface area (Å²) < 4.78 is 105. The number of aromatic nitrogens is 5. The Morgan fingerprint density at radius 1 is 0.828 bits per heavy atom. The number of piperidine rings is 1. The molecule has 6 rings (SSSR count). The van der Waals surface area contributed by atoms with Crippen LogP contribution in [0.15, 0.2) is 61.4 Å². The van der Waals surface area contributed by atoms with Gasteiger partial charge in [0.2, 0.25) is 12.2 Å². The van der Waals surface area contributed by atoms with Gasteiger partial charge in [-0.25, -0.2) is 9.97 Å². The van der Waals surface area contributed by atoms with Gasteiger partial charge in [-0.05, 0) is 73.4 Å². The number of carbonyl (C=O) groups is 4. The number of nitrogens with one attached hydrogen (secondary N) is 2. The molecule has 0 unspecified atom stereocenters. The van der Waals surface area contributed by atoms with Crippen LogP contribution in [0.3, 0.4) is 0 Å². The molecule has 4 aromatic rings. The second-order valence-electron chi connectivity index (χ2n) is 12.3. The minimum absolute atomic E-state index is 0.0486. The summed E-state index contributed by atoms with van der Waals surface area (Å²) in [6.07, 6.45) is -2.97. The van der Waals surface area contributed by atoms with Gasteiger partial charge in [0.1, 0.15) is 16.5 Å². The maximum Gasteiger partial charge on any atom is 0.458 e. The highest BCUT2D eigenvalue weighted by Gasteiger charge is 2.54. The van der Waals surface area contributed by atoms with E-state index in [1.165, 1.54) is 6.20 Å². The Balaban J connectivity index is 0.000000346. The number of pyridine rings is 1. The van der Waals surface area contributed by atoms with E-state index in [1.54, 1.807) is 24.8 Å². The van der Waals surface area contributed by atoms with Crippen LogP contribution in [0.25, 0.3) is 0 Å². The topological polar surface area (TPSA) is 169 Å². The van der Waals surface area contributed by atoms with E-state index in [-0.39, 0.29) is 5.91 Å². The fourth-order valence-corrected chi connectivity index (χ4v) is 5.47. The lowest BCUT2D eigenvalue weighted by Gasteiger charge is -2.31. The first-order valence-corrected chi connectivity index (χ1v) is 17.2. The summed E-state index contributed by atoms with van der Waals surface area (Å²) in [4.78, 5) is 63.8. The molecule has 1 amide bonds. The molecule has 2 N–H and O–H groups in total. The number of halogens is 10. The molecule has 58 heavy (non-hydrogen) atoms. The van der Waals surface area contributed by atoms with Crippen LogP contribution < -0.4 is 15.4 Å². The molecule has 0 spiro atoms. The maximum atomic E-state index is 12.7. The Bertz CT molecular complexity index is 2040. The molecule has 1 saturated heterocycles. The Morgan fingerprint density at radius 2 is 1.50 bits per heavy atom. The highest BCUT2D eigenvalue weighted by Crippen LogP contribution is 2.31. The van der Waals surface area contributed by atoms with E-state index < -0.39 is 36.4 Å². The van der Waals surface area contributed by atoms with Gasteiger partial charge in [0, 0.05) is 37.4 Å². The van der Waals surface area contributed by atoms with Gasteiger partial charge in [-0.2, -0.15) is 44.5 Å². The van der Waals surface area contributed by atoms with Crippen LogP contribution >= 0.6 is 11.6 Å². The van der Waals surface area contributed by atoms with Crippen molar-refractivity contribution in [2.75, 3.05) is 30.3 Å². The van der Waals surface area contributed by atoms with E-state index in [2.05, 4.69) is 47.7 Å². The number of anilines is 4. The molecule has 3 aromatic heterocycles. The van der Waals surface area contributed by atoms with Gasteiger partial charge in [-0.15, -0.1) is 0 Å². The maximum absolute atomic E-state index is 12.7. The summed E-state index contributed by atoms with van der Waals surface area (Å²) >= 11 is 6.38. The average molecular weight is 849 g/mol. The van der Waals surface area contributed by atoms with Crippen molar-refractivity contribution >= 4 is 58.5 Å². The smallest absolute Gasteiger partial charge is 0.458 e. The molecule has 2 aliphatic heterocycles. The molecule has 13 nitrogen and oxygen atoms in total. The van der Waals surface area contributed by atoms with Gasteiger partial charge in [0.15, 0.2) is 5.82 Å². The quantitative estimate of drug-likeness (QED) is 0.114. The van der Waals surface area contributed by atoms with E-state index in [0.29, 0.717) is 35.0 Å². The third kappa shape index (κ3) is 13.6. The number of alkyl halides is 9. The van der Waals surface area contributed by atoms with Crippen LogP contribution in [-0.4, -0.2) is 91.8 Å². The van der Waals surface area contributed by atoms with E-state index in [1.807, 2.05) is 23.2 Å². The third-order valence-electron chi connectivity index (χ3n) is 8.12. The molecular weight excluding hydrogens is 819 g/mol. The van der Waals surface area contributed by atoms with Gasteiger partial charge in [0.05, 0.1) is 30.9 Å². The number of fused-ring (bicyclic) bond motifs is 6. The zero-order chi connectivity index (χ0) is 42.7. The van der Waals surface area contributed by atoms with Crippen molar-refractivity contribution in [3.63, 3.8) is 0 Å². The molecular formula is C35H30ClF9N8O5. The Labute approximate surface area is 327 Å². The molecule has 5 heterocycles. The number of amides is 1. The Morgan fingerprint density at radius 3 is 2.10 bits per heavy atom. The Kier molecular flexibility index (Phi) is 15.0. The lowest BCUT2D eigenvalue weighted by molar-refractivity contribution is -0.193. The molecule has 0 radical (unpaired) electrons. The second kappa shape index (κ2) is 19.5. The van der Waals surface area contributed by atoms with E-state index in [9.17, 15) is 53.9 Å². The van der Waals surface area contributed by atoms with Crippen molar-refractivity contribution in [1.29, 1.82) is 0 Å². The van der Waals surface area contributed by atoms with Crippen LogP contribution in [-0.2, 0) is 27.2 Å². The molecule has 23 heteroatoms. The van der Waals surface area contributed by atoms with Crippen LogP contribution in [0.2, 0.25) is 5.02 Å². The standard InChI is InChI=1S/C29H29ClN8O2.C4F6O2.C2HF3O/c30-24-17-34-29-36-23-13-20(15-32-16-23)1-2-21-14-22(35-27(24)37-29)3-4-26(21)40-12-7-19-5-10-38(11-6-19)28(39)25-18-31-8-9-33-25;5-3(6,7)1(11)2(12)4(8,9)10;3-2(4,5)1-6/h3-4,8-9,13-19H,1-2,5-7,10-12H2,(H2,34,35,36,37);;1H. The first kappa shape index (κ1) is 44.8. The highest BCUT2D eigenvalue weighted by molar-refractivity contribution is 6.41. The van der Waals surface area contributed by atoms with Crippen LogP contribution in [0, 0.1) is 5.92 Å². The number of carbonyl (C=O) groups excluding carboxylic acids is 4. The molecule has 0 aliphatic carbocycles. The molecule has 0 saturated carbocycles. The summed E-state index contributed by atoms with van der Waals surface area (Å²) in [6.45, 7) is 2.06. The Hall–Kier alpha value is -5.93. The summed E-state index contributed by atoms with van der Waals surface area (Å²) in [6, 6.07) is 8.12. The SMILES string of the molecule is O=C(C(=O)C(F)(F)F)C(F)(F)F.O=C(c1cnccn1)N1CCC(CCOc2ccc3cc2CCc2cncc(c2)Nc2ncc(Cl)c(n2)N3)CC1.O=CC(F)(F)F. The molecule has 0 atom stereocenters. The fraction of sp³-hybridized carbons (Fsp3) is 0.343. The van der Waals surface area contributed by atoms with Crippen LogP contribution in [0.4, 0.5) is 62.7 Å². The summed E-state index contributed by atoms with van der Waals surface area (Å²) in [7, 11) is 0. The van der Waals surface area contributed by atoms with Gasteiger partial charge >= 0.3 is 30.1 Å². The number of hydrogen-bond donors (Lipinski definition) is 2. The first-order chi connectivity index (χ1) is 27.2. The van der Waals surface area contributed by atoms with Gasteiger partial charge in [-0.3, -0.25) is 29.1 Å². The zero-order valence-electron chi connectivity index (χ0n) is 29.6. The fourth-order valence-electron chi connectivity index (χ4n) is 5.34. The molecule has 310 valence electrons. The number of nitrogens with zero attached hydrogens (tertiary/aromatic N) is 6. The average Bonchev–Trinajstić information content (AvgIpc) is 3.18. The van der Waals surface area contributed by atoms with Crippen molar-refractivity contribution in [3.8, 4) is 5.75 Å².